The first-order chi connectivity index (χ1) is 11.1. The summed E-state index contributed by atoms with van der Waals surface area (Å²) in [5.41, 5.74) is 0.837. The van der Waals surface area contributed by atoms with Gasteiger partial charge >= 0.3 is 0 Å². The number of carbonyl (C=O) groups excluding carboxylic acids is 1. The number of hydrogen-bond acceptors (Lipinski definition) is 5. The van der Waals surface area contributed by atoms with E-state index in [0.717, 1.165) is 10.0 Å². The molecule has 0 saturated heterocycles. The van der Waals surface area contributed by atoms with Crippen molar-refractivity contribution in [3.05, 3.63) is 52.9 Å². The number of aromatic nitrogens is 4. The number of tetrazole rings is 1. The van der Waals surface area contributed by atoms with E-state index in [4.69, 9.17) is 4.42 Å². The number of benzene rings is 1. The van der Waals surface area contributed by atoms with Gasteiger partial charge in [0.2, 0.25) is 11.7 Å². The van der Waals surface area contributed by atoms with E-state index in [1.54, 1.807) is 12.3 Å². The smallest absolute Gasteiger partial charge is 0.244 e. The Morgan fingerprint density at radius 3 is 2.83 bits per heavy atom. The maximum atomic E-state index is 12.0. The van der Waals surface area contributed by atoms with Gasteiger partial charge in [-0.2, -0.15) is 4.80 Å². The molecule has 0 aliphatic heterocycles. The summed E-state index contributed by atoms with van der Waals surface area (Å²) >= 11 is 3.37. The number of nitrogens with zero attached hydrogens (tertiary/aromatic N) is 4. The van der Waals surface area contributed by atoms with Gasteiger partial charge in [-0.05, 0) is 48.5 Å². The molecule has 7 nitrogen and oxygen atoms in total. The molecule has 0 aliphatic carbocycles. The number of hydrogen-bond donors (Lipinski definition) is 1. The maximum Gasteiger partial charge on any atom is 0.244 e. The van der Waals surface area contributed by atoms with Crippen LogP contribution in [0.25, 0.3) is 11.4 Å². The molecule has 0 saturated carbocycles. The lowest BCUT2D eigenvalue weighted by molar-refractivity contribution is -0.122. The molecule has 1 atom stereocenters. The maximum absolute atomic E-state index is 12.0. The molecule has 0 bridgehead atoms. The normalized spacial score (nSPS) is 12.1. The summed E-state index contributed by atoms with van der Waals surface area (Å²) in [5.74, 6) is 0.957. The van der Waals surface area contributed by atoms with Crippen molar-refractivity contribution in [3.8, 4) is 11.4 Å². The largest absolute Gasteiger partial charge is 0.467 e. The van der Waals surface area contributed by atoms with Crippen molar-refractivity contribution in [2.75, 3.05) is 0 Å². The Hall–Kier alpha value is -2.48. The van der Waals surface area contributed by atoms with Crippen molar-refractivity contribution in [1.82, 2.24) is 25.5 Å². The molecule has 1 amide bonds. The Bertz CT molecular complexity index is 783. The van der Waals surface area contributed by atoms with Gasteiger partial charge in [0.1, 0.15) is 12.3 Å². The van der Waals surface area contributed by atoms with Crippen LogP contribution in [0.5, 0.6) is 0 Å². The first-order valence-electron chi connectivity index (χ1n) is 6.98. The monoisotopic (exact) mass is 375 g/mol. The van der Waals surface area contributed by atoms with Crippen LogP contribution in [0.1, 0.15) is 18.7 Å². The summed E-state index contributed by atoms with van der Waals surface area (Å²) in [7, 11) is 0. The summed E-state index contributed by atoms with van der Waals surface area (Å²) < 4.78 is 6.22. The van der Waals surface area contributed by atoms with Gasteiger partial charge in [-0.15, -0.1) is 10.2 Å². The van der Waals surface area contributed by atoms with Gasteiger partial charge in [-0.3, -0.25) is 4.79 Å². The fourth-order valence-corrected chi connectivity index (χ4v) is 2.31. The molecule has 2 aromatic heterocycles. The highest BCUT2D eigenvalue weighted by atomic mass is 79.9. The Labute approximate surface area is 140 Å². The van der Waals surface area contributed by atoms with Gasteiger partial charge in [-0.25, -0.2) is 0 Å². The summed E-state index contributed by atoms with van der Waals surface area (Å²) in [5, 5.41) is 14.9. The van der Waals surface area contributed by atoms with E-state index < -0.39 is 0 Å². The van der Waals surface area contributed by atoms with Crippen molar-refractivity contribution in [3.63, 3.8) is 0 Å². The Kier molecular flexibility index (Phi) is 4.52. The standard InChI is InChI=1S/C15H14BrN5O2/c1-10(13-3-2-8-23-13)17-14(22)9-21-19-15(18-20-21)11-4-6-12(16)7-5-11/h2-8,10H,9H2,1H3,(H,17,22). The fourth-order valence-electron chi connectivity index (χ4n) is 2.05. The molecular formula is C15H14BrN5O2. The second-order valence-electron chi connectivity index (χ2n) is 4.95. The molecule has 23 heavy (non-hydrogen) atoms. The van der Waals surface area contributed by atoms with Gasteiger partial charge in [-0.1, -0.05) is 15.9 Å². The summed E-state index contributed by atoms with van der Waals surface area (Å²) in [6.45, 7) is 1.84. The van der Waals surface area contributed by atoms with Crippen LogP contribution >= 0.6 is 15.9 Å². The van der Waals surface area contributed by atoms with E-state index in [-0.39, 0.29) is 18.5 Å². The molecule has 0 aliphatic rings. The molecule has 1 unspecified atom stereocenters. The summed E-state index contributed by atoms with van der Waals surface area (Å²) in [6.07, 6.45) is 1.57. The molecule has 1 N–H and O–H groups in total. The molecule has 0 fully saturated rings. The minimum absolute atomic E-state index is 0.00538. The van der Waals surface area contributed by atoms with Crippen LogP contribution in [0, 0.1) is 0 Å². The van der Waals surface area contributed by atoms with E-state index in [1.807, 2.05) is 37.3 Å². The second kappa shape index (κ2) is 6.74. The first-order valence-corrected chi connectivity index (χ1v) is 7.77. The zero-order valence-corrected chi connectivity index (χ0v) is 13.9. The Balaban J connectivity index is 1.62. The molecule has 0 radical (unpaired) electrons. The van der Waals surface area contributed by atoms with Crippen molar-refractivity contribution in [1.29, 1.82) is 0 Å². The molecule has 1 aromatic carbocycles. The Morgan fingerprint density at radius 2 is 2.13 bits per heavy atom. The van der Waals surface area contributed by atoms with Gasteiger partial charge in [0, 0.05) is 10.0 Å². The lowest BCUT2D eigenvalue weighted by Gasteiger charge is -2.10. The quantitative estimate of drug-likeness (QED) is 0.740. The summed E-state index contributed by atoms with van der Waals surface area (Å²) in [6, 6.07) is 10.9. The predicted octanol–water partition coefficient (Wildman–Crippen LogP) is 2.57. The number of nitrogens with one attached hydrogen (secondary N) is 1. The highest BCUT2D eigenvalue weighted by molar-refractivity contribution is 9.10. The molecule has 118 valence electrons. The van der Waals surface area contributed by atoms with Crippen molar-refractivity contribution >= 4 is 21.8 Å². The van der Waals surface area contributed by atoms with Crippen LogP contribution in [0.15, 0.2) is 51.6 Å². The van der Waals surface area contributed by atoms with Crippen LogP contribution < -0.4 is 5.32 Å². The van der Waals surface area contributed by atoms with E-state index >= 15 is 0 Å². The van der Waals surface area contributed by atoms with Crippen LogP contribution in [0.3, 0.4) is 0 Å². The molecule has 2 heterocycles. The van der Waals surface area contributed by atoms with Crippen molar-refractivity contribution in [2.45, 2.75) is 19.5 Å². The van der Waals surface area contributed by atoms with Crippen molar-refractivity contribution < 1.29 is 9.21 Å². The third kappa shape index (κ3) is 3.84. The van der Waals surface area contributed by atoms with Gasteiger partial charge in [0.05, 0.1) is 12.3 Å². The lowest BCUT2D eigenvalue weighted by Crippen LogP contribution is -2.30. The van der Waals surface area contributed by atoms with Crippen LogP contribution in [-0.4, -0.2) is 26.1 Å². The zero-order chi connectivity index (χ0) is 16.2. The number of amides is 1. The Morgan fingerprint density at radius 1 is 1.35 bits per heavy atom. The average molecular weight is 376 g/mol. The van der Waals surface area contributed by atoms with Crippen LogP contribution in [-0.2, 0) is 11.3 Å². The second-order valence-corrected chi connectivity index (χ2v) is 5.87. The van der Waals surface area contributed by atoms with Gasteiger partial charge < -0.3 is 9.73 Å². The molecule has 8 heteroatoms. The summed E-state index contributed by atoms with van der Waals surface area (Å²) in [4.78, 5) is 13.3. The number of halogens is 1. The third-order valence-electron chi connectivity index (χ3n) is 3.19. The van der Waals surface area contributed by atoms with E-state index in [2.05, 4.69) is 36.7 Å². The minimum Gasteiger partial charge on any atom is -0.467 e. The SMILES string of the molecule is CC(NC(=O)Cn1nnc(-c2ccc(Br)cc2)n1)c1ccco1. The molecule has 3 aromatic rings. The average Bonchev–Trinajstić information content (AvgIpc) is 3.19. The molecule has 3 rings (SSSR count). The van der Waals surface area contributed by atoms with E-state index in [0.29, 0.717) is 11.6 Å². The van der Waals surface area contributed by atoms with Gasteiger partial charge in [0.15, 0.2) is 0 Å². The highest BCUT2D eigenvalue weighted by Gasteiger charge is 2.14. The number of carbonyl (C=O) groups is 1. The van der Waals surface area contributed by atoms with Crippen LogP contribution in [0.2, 0.25) is 0 Å². The van der Waals surface area contributed by atoms with E-state index in [9.17, 15) is 4.79 Å². The zero-order valence-electron chi connectivity index (χ0n) is 12.3. The fraction of sp³-hybridized carbons (Fsp3) is 0.200. The van der Waals surface area contributed by atoms with E-state index in [1.165, 1.54) is 4.80 Å². The molecular weight excluding hydrogens is 362 g/mol. The van der Waals surface area contributed by atoms with Crippen LogP contribution in [0.4, 0.5) is 0 Å². The minimum atomic E-state index is -0.216. The van der Waals surface area contributed by atoms with Crippen molar-refractivity contribution in [2.24, 2.45) is 0 Å². The third-order valence-corrected chi connectivity index (χ3v) is 3.72. The van der Waals surface area contributed by atoms with Gasteiger partial charge in [0.25, 0.3) is 0 Å². The number of furan rings is 1. The number of rotatable bonds is 5. The lowest BCUT2D eigenvalue weighted by atomic mass is 10.2. The molecule has 0 spiro atoms. The topological polar surface area (TPSA) is 85.8 Å². The highest BCUT2D eigenvalue weighted by Crippen LogP contribution is 2.17. The predicted molar refractivity (Wildman–Crippen MR) is 86.2 cm³/mol. The first kappa shape index (κ1) is 15.4.